The molecule has 0 fully saturated rings. The molecule has 3 amide bonds. The Bertz CT molecular complexity index is 1270. The number of benzene rings is 3. The Kier molecular flexibility index (Phi) is 10.1. The maximum atomic E-state index is 14.1. The summed E-state index contributed by atoms with van der Waals surface area (Å²) in [5, 5.41) is 15.3. The van der Waals surface area contributed by atoms with Crippen LogP contribution in [0, 0.1) is 0 Å². The Labute approximate surface area is 235 Å². The number of aromatic hydroxyl groups is 1. The van der Waals surface area contributed by atoms with Crippen LogP contribution in [-0.2, 0) is 20.7 Å². The van der Waals surface area contributed by atoms with Crippen molar-refractivity contribution in [2.45, 2.75) is 51.8 Å². The van der Waals surface area contributed by atoms with E-state index in [4.69, 9.17) is 9.47 Å². The SMILES string of the molecule is CCN(C(=O)C(Cc1ccc(O)cc1)NC(=O)OC(C)(C)C)C(C(=O)Nc1ccc(OC)cc1)c1ccccc1. The van der Waals surface area contributed by atoms with E-state index in [-0.39, 0.29) is 18.7 Å². The van der Waals surface area contributed by atoms with Gasteiger partial charge in [-0.1, -0.05) is 42.5 Å². The first-order valence-corrected chi connectivity index (χ1v) is 13.1. The van der Waals surface area contributed by atoms with Crippen molar-refractivity contribution >= 4 is 23.6 Å². The molecular formula is C31H37N3O6. The molecule has 3 aromatic rings. The van der Waals surface area contributed by atoms with Crippen molar-refractivity contribution in [3.05, 3.63) is 90.0 Å². The van der Waals surface area contributed by atoms with Gasteiger partial charge in [0.2, 0.25) is 5.91 Å². The van der Waals surface area contributed by atoms with Crippen LogP contribution in [0.2, 0.25) is 0 Å². The zero-order valence-corrected chi connectivity index (χ0v) is 23.5. The lowest BCUT2D eigenvalue weighted by molar-refractivity contribution is -0.140. The van der Waals surface area contributed by atoms with Crippen LogP contribution < -0.4 is 15.4 Å². The molecule has 0 saturated carbocycles. The van der Waals surface area contributed by atoms with E-state index in [1.807, 2.05) is 6.07 Å². The number of ether oxygens (including phenoxy) is 2. The van der Waals surface area contributed by atoms with Gasteiger partial charge in [0.05, 0.1) is 7.11 Å². The number of carbonyl (C=O) groups excluding carboxylic acids is 3. The number of phenolic OH excluding ortho intramolecular Hbond substituents is 1. The summed E-state index contributed by atoms with van der Waals surface area (Å²) in [6.07, 6.45) is -0.629. The fourth-order valence-electron chi connectivity index (χ4n) is 4.18. The molecule has 0 heterocycles. The Morgan fingerprint density at radius 1 is 0.925 bits per heavy atom. The number of carbonyl (C=O) groups is 3. The van der Waals surface area contributed by atoms with Crippen LogP contribution in [0.25, 0.3) is 0 Å². The number of amides is 3. The molecule has 9 nitrogen and oxygen atoms in total. The predicted octanol–water partition coefficient (Wildman–Crippen LogP) is 5.07. The average Bonchev–Trinajstić information content (AvgIpc) is 2.92. The van der Waals surface area contributed by atoms with E-state index < -0.39 is 35.6 Å². The van der Waals surface area contributed by atoms with Crippen molar-refractivity contribution in [1.29, 1.82) is 0 Å². The van der Waals surface area contributed by atoms with Crippen molar-refractivity contribution in [3.8, 4) is 11.5 Å². The number of phenols is 1. The minimum atomic E-state index is -1.04. The highest BCUT2D eigenvalue weighted by atomic mass is 16.6. The first-order valence-electron chi connectivity index (χ1n) is 13.1. The summed E-state index contributed by atoms with van der Waals surface area (Å²) >= 11 is 0. The predicted molar refractivity (Wildman–Crippen MR) is 153 cm³/mol. The second kappa shape index (κ2) is 13.5. The monoisotopic (exact) mass is 547 g/mol. The van der Waals surface area contributed by atoms with Gasteiger partial charge < -0.3 is 30.1 Å². The standard InChI is InChI=1S/C31H37N3O6/c1-6-34(27(22-10-8-7-9-11-22)28(36)32-23-14-18-25(39-5)19-15-23)29(37)26(33-30(38)40-31(2,3)4)20-21-12-16-24(35)17-13-21/h7-19,26-27,35H,6,20H2,1-5H3,(H,32,36)(H,33,38). The number of hydrogen-bond acceptors (Lipinski definition) is 6. The van der Waals surface area contributed by atoms with E-state index in [2.05, 4.69) is 10.6 Å². The lowest BCUT2D eigenvalue weighted by Gasteiger charge is -2.33. The van der Waals surface area contributed by atoms with Gasteiger partial charge in [0.25, 0.3) is 5.91 Å². The number of rotatable bonds is 10. The van der Waals surface area contributed by atoms with Crippen LogP contribution in [0.5, 0.6) is 11.5 Å². The van der Waals surface area contributed by atoms with Gasteiger partial charge >= 0.3 is 6.09 Å². The highest BCUT2D eigenvalue weighted by molar-refractivity contribution is 5.99. The minimum Gasteiger partial charge on any atom is -0.508 e. The minimum absolute atomic E-state index is 0.0845. The van der Waals surface area contributed by atoms with E-state index in [1.54, 1.807) is 95.5 Å². The molecule has 3 N–H and O–H groups in total. The number of alkyl carbamates (subject to hydrolysis) is 1. The van der Waals surface area contributed by atoms with Crippen LogP contribution in [0.4, 0.5) is 10.5 Å². The van der Waals surface area contributed by atoms with E-state index in [9.17, 15) is 19.5 Å². The van der Waals surface area contributed by atoms with Crippen LogP contribution in [0.3, 0.4) is 0 Å². The Balaban J connectivity index is 1.95. The van der Waals surface area contributed by atoms with Gasteiger partial charge in [-0.25, -0.2) is 4.79 Å². The molecule has 212 valence electrons. The number of nitrogens with zero attached hydrogens (tertiary/aromatic N) is 1. The summed E-state index contributed by atoms with van der Waals surface area (Å²) in [5.74, 6) is -0.137. The van der Waals surface area contributed by atoms with Gasteiger partial charge in [-0.2, -0.15) is 0 Å². The third-order valence-corrected chi connectivity index (χ3v) is 6.02. The molecule has 0 aliphatic rings. The van der Waals surface area contributed by atoms with Crippen molar-refractivity contribution < 1.29 is 29.0 Å². The zero-order chi connectivity index (χ0) is 29.3. The third-order valence-electron chi connectivity index (χ3n) is 6.02. The summed E-state index contributed by atoms with van der Waals surface area (Å²) in [7, 11) is 1.56. The lowest BCUT2D eigenvalue weighted by Crippen LogP contribution is -2.53. The highest BCUT2D eigenvalue weighted by Crippen LogP contribution is 2.25. The number of likely N-dealkylation sites (N-methyl/N-ethyl adjacent to an activating group) is 1. The molecule has 0 aliphatic carbocycles. The van der Waals surface area contributed by atoms with E-state index >= 15 is 0 Å². The van der Waals surface area contributed by atoms with Crippen LogP contribution in [-0.4, -0.2) is 53.2 Å². The first kappa shape index (κ1) is 30.0. The molecule has 3 aromatic carbocycles. The van der Waals surface area contributed by atoms with Crippen LogP contribution in [0.1, 0.15) is 44.9 Å². The molecule has 0 aliphatic heterocycles. The summed E-state index contributed by atoms with van der Waals surface area (Å²) in [6.45, 7) is 7.17. The number of anilines is 1. The summed E-state index contributed by atoms with van der Waals surface area (Å²) in [5.41, 5.74) is 1.10. The summed E-state index contributed by atoms with van der Waals surface area (Å²) in [6, 6.07) is 20.2. The van der Waals surface area contributed by atoms with Crippen LogP contribution >= 0.6 is 0 Å². The van der Waals surface area contributed by atoms with E-state index in [1.165, 1.54) is 17.0 Å². The normalized spacial score (nSPS) is 12.5. The molecule has 9 heteroatoms. The van der Waals surface area contributed by atoms with Crippen molar-refractivity contribution in [1.82, 2.24) is 10.2 Å². The van der Waals surface area contributed by atoms with Gasteiger partial charge in [-0.15, -0.1) is 0 Å². The Hall–Kier alpha value is -4.53. The van der Waals surface area contributed by atoms with Gasteiger partial charge in [-0.05, 0) is 75.2 Å². The fraction of sp³-hybridized carbons (Fsp3) is 0.323. The number of nitrogens with one attached hydrogen (secondary N) is 2. The molecule has 0 radical (unpaired) electrons. The maximum Gasteiger partial charge on any atom is 0.408 e. The number of hydrogen-bond donors (Lipinski definition) is 3. The van der Waals surface area contributed by atoms with Crippen molar-refractivity contribution in [3.63, 3.8) is 0 Å². The molecule has 0 spiro atoms. The highest BCUT2D eigenvalue weighted by Gasteiger charge is 2.35. The maximum absolute atomic E-state index is 14.1. The quantitative estimate of drug-likeness (QED) is 0.327. The summed E-state index contributed by atoms with van der Waals surface area (Å²) < 4.78 is 10.6. The second-order valence-electron chi connectivity index (χ2n) is 10.2. The summed E-state index contributed by atoms with van der Waals surface area (Å²) in [4.78, 5) is 42.0. The Morgan fingerprint density at radius 2 is 1.55 bits per heavy atom. The lowest BCUT2D eigenvalue weighted by atomic mass is 10.00. The topological polar surface area (TPSA) is 117 Å². The second-order valence-corrected chi connectivity index (χ2v) is 10.2. The van der Waals surface area contributed by atoms with Crippen molar-refractivity contribution in [2.75, 3.05) is 19.0 Å². The van der Waals surface area contributed by atoms with Crippen LogP contribution in [0.15, 0.2) is 78.9 Å². The van der Waals surface area contributed by atoms with Gasteiger partial charge in [0, 0.05) is 18.7 Å². The molecular weight excluding hydrogens is 510 g/mol. The molecule has 2 atom stereocenters. The molecule has 2 unspecified atom stereocenters. The zero-order valence-electron chi connectivity index (χ0n) is 23.5. The number of methoxy groups -OCH3 is 1. The van der Waals surface area contributed by atoms with Gasteiger partial charge in [0.1, 0.15) is 29.2 Å². The largest absolute Gasteiger partial charge is 0.508 e. The smallest absolute Gasteiger partial charge is 0.408 e. The molecule has 0 aromatic heterocycles. The molecule has 40 heavy (non-hydrogen) atoms. The molecule has 3 rings (SSSR count). The van der Waals surface area contributed by atoms with Gasteiger partial charge in [0.15, 0.2) is 0 Å². The Morgan fingerprint density at radius 3 is 2.10 bits per heavy atom. The third kappa shape index (κ3) is 8.49. The first-order chi connectivity index (χ1) is 19.0. The van der Waals surface area contributed by atoms with E-state index in [0.29, 0.717) is 22.6 Å². The average molecular weight is 548 g/mol. The molecule has 0 bridgehead atoms. The molecule has 0 saturated heterocycles. The van der Waals surface area contributed by atoms with Gasteiger partial charge in [-0.3, -0.25) is 9.59 Å². The van der Waals surface area contributed by atoms with E-state index in [0.717, 1.165) is 0 Å². The fourth-order valence-corrected chi connectivity index (χ4v) is 4.18. The van der Waals surface area contributed by atoms with Crippen molar-refractivity contribution in [2.24, 2.45) is 0 Å².